The molecule has 2 rings (SSSR count). The number of allylic oxidation sites excluding steroid dienone is 2. The summed E-state index contributed by atoms with van der Waals surface area (Å²) in [5, 5.41) is 0. The van der Waals surface area contributed by atoms with E-state index in [0.29, 0.717) is 56.7 Å². The quantitative estimate of drug-likeness (QED) is 0.215. The van der Waals surface area contributed by atoms with Crippen molar-refractivity contribution in [1.29, 1.82) is 0 Å². The molecule has 0 spiro atoms. The molecule has 1 aromatic carbocycles. The van der Waals surface area contributed by atoms with Gasteiger partial charge in [0.15, 0.2) is 11.5 Å². The number of benzene rings is 1. The molecular formula is C36H57NO7. The molecule has 0 bridgehead atoms. The van der Waals surface area contributed by atoms with Crippen molar-refractivity contribution < 1.29 is 33.5 Å². The first-order chi connectivity index (χ1) is 20.0. The van der Waals surface area contributed by atoms with Crippen molar-refractivity contribution in [2.45, 2.75) is 93.9 Å². The van der Waals surface area contributed by atoms with Crippen LogP contribution in [0.2, 0.25) is 0 Å². The van der Waals surface area contributed by atoms with E-state index in [4.69, 9.17) is 28.7 Å². The minimum atomic E-state index is -0.543. The summed E-state index contributed by atoms with van der Waals surface area (Å²) in [6, 6.07) is 0. The van der Waals surface area contributed by atoms with Gasteiger partial charge in [-0.3, -0.25) is 4.79 Å². The molecule has 0 atom stereocenters. The van der Waals surface area contributed by atoms with Crippen LogP contribution >= 0.6 is 0 Å². The van der Waals surface area contributed by atoms with Crippen molar-refractivity contribution in [3.8, 4) is 17.2 Å². The maximum absolute atomic E-state index is 14.4. The van der Waals surface area contributed by atoms with E-state index < -0.39 is 21.7 Å². The minimum Gasteiger partial charge on any atom is -0.495 e. The zero-order valence-electron chi connectivity index (χ0n) is 30.8. The Morgan fingerprint density at radius 3 is 1.14 bits per heavy atom. The van der Waals surface area contributed by atoms with Crippen LogP contribution in [-0.2, 0) is 30.0 Å². The van der Waals surface area contributed by atoms with Gasteiger partial charge in [-0.15, -0.1) is 0 Å². The smallest absolute Gasteiger partial charge is 0.193 e. The van der Waals surface area contributed by atoms with Crippen molar-refractivity contribution in [3.63, 3.8) is 0 Å². The van der Waals surface area contributed by atoms with Gasteiger partial charge in [0.1, 0.15) is 23.0 Å². The van der Waals surface area contributed by atoms with Gasteiger partial charge in [0.25, 0.3) is 0 Å². The third-order valence-electron chi connectivity index (χ3n) is 7.63. The molecule has 1 aromatic rings. The van der Waals surface area contributed by atoms with Crippen LogP contribution in [0.25, 0.3) is 5.70 Å². The highest BCUT2D eigenvalue weighted by Crippen LogP contribution is 2.57. The van der Waals surface area contributed by atoms with Crippen LogP contribution in [0.1, 0.15) is 99.8 Å². The molecule has 0 N–H and O–H groups in total. The first-order valence-electron chi connectivity index (χ1n) is 15.1. The lowest BCUT2D eigenvalue weighted by Gasteiger charge is -2.39. The maximum atomic E-state index is 14.4. The van der Waals surface area contributed by atoms with E-state index >= 15 is 0 Å². The first kappa shape index (κ1) is 37.1. The molecule has 0 saturated heterocycles. The molecule has 1 aliphatic carbocycles. The van der Waals surface area contributed by atoms with E-state index in [1.807, 2.05) is 60.5 Å². The predicted octanol–water partition coefficient (Wildman–Crippen LogP) is 7.99. The lowest BCUT2D eigenvalue weighted by atomic mass is 9.69. The minimum absolute atomic E-state index is 0.0888. The van der Waals surface area contributed by atoms with Gasteiger partial charge in [-0.2, -0.15) is 4.89 Å². The zero-order valence-corrected chi connectivity index (χ0v) is 30.8. The van der Waals surface area contributed by atoms with Gasteiger partial charge in [0.2, 0.25) is 0 Å². The van der Waals surface area contributed by atoms with Gasteiger partial charge in [-0.1, -0.05) is 83.1 Å². The van der Waals surface area contributed by atoms with Crippen LogP contribution in [0.5, 0.6) is 17.2 Å². The maximum Gasteiger partial charge on any atom is 0.193 e. The van der Waals surface area contributed by atoms with E-state index in [1.54, 1.807) is 28.4 Å². The SMILES string of the molecule is COOc1c(C(C)(C)C)c(OC)c(C(=C2C(OC)=C(C(C)(C)C)C(=O)C(C(C)(C)C)=C2OC)N(C)C)c(OC)c1C(C)(C)C. The molecule has 0 unspecified atom stereocenters. The Balaban J connectivity index is 3.66. The van der Waals surface area contributed by atoms with Gasteiger partial charge in [-0.25, -0.2) is 0 Å². The number of carbonyl (C=O) groups excluding carboxylic acids is 1. The second-order valence-corrected chi connectivity index (χ2v) is 15.5. The number of nitrogens with zero attached hydrogens (tertiary/aromatic N) is 1. The zero-order chi connectivity index (χ0) is 34.3. The monoisotopic (exact) mass is 615 g/mol. The molecule has 44 heavy (non-hydrogen) atoms. The van der Waals surface area contributed by atoms with Crippen molar-refractivity contribution in [1.82, 2.24) is 4.90 Å². The highest BCUT2D eigenvalue weighted by Gasteiger charge is 2.46. The number of Topliss-reactive ketones (excluding diaryl/α,β-unsaturated/α-hetero) is 1. The molecule has 0 aromatic heterocycles. The summed E-state index contributed by atoms with van der Waals surface area (Å²) in [7, 11) is 11.9. The standard InChI is InChI=1S/C36H57NO7/c1-33(2,3)22-27(38)23(34(4,5)6)29(40-16)20(28(22)39-15)26(37(13)14)21-30(41-17)24(35(7,8)9)32(44-43-19)25(31(21)42-18)36(10,11)12/h1-19H3. The number of ether oxygens (including phenoxy) is 4. The van der Waals surface area contributed by atoms with E-state index in [-0.39, 0.29) is 5.78 Å². The summed E-state index contributed by atoms with van der Waals surface area (Å²) in [4.78, 5) is 27.7. The summed E-state index contributed by atoms with van der Waals surface area (Å²) in [5.74, 6) is 2.47. The average molecular weight is 616 g/mol. The Kier molecular flexibility index (Phi) is 10.7. The second-order valence-electron chi connectivity index (χ2n) is 15.5. The molecule has 8 heteroatoms. The van der Waals surface area contributed by atoms with Crippen LogP contribution in [0, 0.1) is 10.8 Å². The molecule has 0 radical (unpaired) electrons. The molecule has 0 aliphatic heterocycles. The topological polar surface area (TPSA) is 75.7 Å². The van der Waals surface area contributed by atoms with Gasteiger partial charge < -0.3 is 28.7 Å². The van der Waals surface area contributed by atoms with Crippen molar-refractivity contribution in [2.75, 3.05) is 49.6 Å². The summed E-state index contributed by atoms with van der Waals surface area (Å²) in [6.45, 7) is 24.8. The Morgan fingerprint density at radius 2 is 0.909 bits per heavy atom. The Morgan fingerprint density at radius 1 is 0.545 bits per heavy atom. The Labute approximate surface area is 266 Å². The van der Waals surface area contributed by atoms with Crippen LogP contribution in [0.15, 0.2) is 28.2 Å². The lowest BCUT2D eigenvalue weighted by molar-refractivity contribution is -0.180. The number of hydrogen-bond donors (Lipinski definition) is 0. The molecule has 0 heterocycles. The number of hydrogen-bond acceptors (Lipinski definition) is 8. The van der Waals surface area contributed by atoms with Gasteiger partial charge in [0.05, 0.1) is 52.4 Å². The van der Waals surface area contributed by atoms with Crippen LogP contribution < -0.4 is 14.4 Å². The molecule has 248 valence electrons. The summed E-state index contributed by atoms with van der Waals surface area (Å²) < 4.78 is 25.0. The predicted molar refractivity (Wildman–Crippen MR) is 177 cm³/mol. The van der Waals surface area contributed by atoms with Crippen LogP contribution in [0.4, 0.5) is 0 Å². The Hall–Kier alpha value is -3.13. The second kappa shape index (κ2) is 12.7. The van der Waals surface area contributed by atoms with E-state index in [1.165, 1.54) is 7.11 Å². The highest BCUT2D eigenvalue weighted by molar-refractivity contribution is 6.14. The third kappa shape index (κ3) is 6.60. The fourth-order valence-corrected chi connectivity index (χ4v) is 6.08. The van der Waals surface area contributed by atoms with Crippen molar-refractivity contribution >= 4 is 11.5 Å². The average Bonchev–Trinajstić information content (AvgIpc) is 2.85. The van der Waals surface area contributed by atoms with Gasteiger partial charge in [0, 0.05) is 36.4 Å². The summed E-state index contributed by atoms with van der Waals surface area (Å²) in [6.07, 6.45) is 0. The molecule has 0 amide bonds. The molecule has 0 saturated carbocycles. The van der Waals surface area contributed by atoms with Crippen LogP contribution in [-0.4, -0.2) is 60.3 Å². The fourth-order valence-electron chi connectivity index (χ4n) is 6.08. The number of methoxy groups -OCH3 is 4. The van der Waals surface area contributed by atoms with Gasteiger partial charge >= 0.3 is 0 Å². The normalized spacial score (nSPS) is 15.1. The van der Waals surface area contributed by atoms with Crippen molar-refractivity contribution in [3.05, 3.63) is 44.9 Å². The molecule has 0 fully saturated rings. The Bertz CT molecular complexity index is 1280. The largest absolute Gasteiger partial charge is 0.495 e. The van der Waals surface area contributed by atoms with Crippen molar-refractivity contribution in [2.24, 2.45) is 10.8 Å². The summed E-state index contributed by atoms with van der Waals surface area (Å²) in [5.41, 5.74) is 2.84. The fraction of sp³-hybridized carbons (Fsp3) is 0.639. The van der Waals surface area contributed by atoms with E-state index in [0.717, 1.165) is 11.1 Å². The third-order valence-corrected chi connectivity index (χ3v) is 7.63. The highest BCUT2D eigenvalue weighted by atomic mass is 17.2. The molecule has 8 nitrogen and oxygen atoms in total. The van der Waals surface area contributed by atoms with E-state index in [2.05, 4.69) is 41.5 Å². The molecule has 1 aliphatic rings. The lowest BCUT2D eigenvalue weighted by Crippen LogP contribution is -2.34. The van der Waals surface area contributed by atoms with Gasteiger partial charge in [-0.05, 0) is 21.7 Å². The molecular weight excluding hydrogens is 558 g/mol. The number of carbonyl (C=O) groups is 1. The van der Waals surface area contributed by atoms with E-state index in [9.17, 15) is 4.79 Å². The number of rotatable bonds is 8. The summed E-state index contributed by atoms with van der Waals surface area (Å²) >= 11 is 0. The number of ketones is 1. The first-order valence-corrected chi connectivity index (χ1v) is 15.1. The van der Waals surface area contributed by atoms with Crippen LogP contribution in [0.3, 0.4) is 0 Å².